The van der Waals surface area contributed by atoms with Gasteiger partial charge in [-0.05, 0) is 12.1 Å². The van der Waals surface area contributed by atoms with Crippen LogP contribution >= 0.6 is 0 Å². The summed E-state index contributed by atoms with van der Waals surface area (Å²) >= 11 is 0. The minimum absolute atomic E-state index is 0.131. The van der Waals surface area contributed by atoms with Crippen LogP contribution in [0, 0.1) is 0 Å². The smallest absolute Gasteiger partial charge is 0.321 e. The lowest BCUT2D eigenvalue weighted by molar-refractivity contribution is -0.141. The molecule has 0 aliphatic rings. The molecule has 0 spiro atoms. The molecule has 0 heterocycles. The number of ether oxygens (including phenoxy) is 1. The van der Waals surface area contributed by atoms with Gasteiger partial charge in [-0.15, -0.1) is 0 Å². The summed E-state index contributed by atoms with van der Waals surface area (Å²) in [5, 5.41) is 14.4. The van der Waals surface area contributed by atoms with E-state index in [4.69, 9.17) is 9.84 Å². The fourth-order valence-electron chi connectivity index (χ4n) is 1.50. The molecule has 6 nitrogen and oxygen atoms in total. The van der Waals surface area contributed by atoms with E-state index < -0.39 is 12.0 Å². The molecule has 0 aromatic heterocycles. The summed E-state index contributed by atoms with van der Waals surface area (Å²) in [5.41, 5.74) is 0.647. The Balaban J connectivity index is 2.45. The number of carbonyl (C=O) groups is 2. The number of amides is 1. The molecule has 1 rings (SSSR count). The van der Waals surface area contributed by atoms with E-state index in [1.807, 2.05) is 6.07 Å². The topological polar surface area (TPSA) is 87.7 Å². The number of anilines is 1. The molecule has 0 radical (unpaired) electrons. The number of carbonyl (C=O) groups excluding carboxylic acids is 1. The Morgan fingerprint density at radius 2 is 2.00 bits per heavy atom. The molecule has 1 aromatic rings. The zero-order valence-electron chi connectivity index (χ0n) is 10.8. The predicted octanol–water partition coefficient (Wildman–Crippen LogP) is 0.704. The largest absolute Gasteiger partial charge is 0.480 e. The highest BCUT2D eigenvalue weighted by molar-refractivity contribution is 5.93. The number of methoxy groups -OCH3 is 1. The van der Waals surface area contributed by atoms with Crippen molar-refractivity contribution >= 4 is 17.6 Å². The summed E-state index contributed by atoms with van der Waals surface area (Å²) in [7, 11) is 1.53. The van der Waals surface area contributed by atoms with E-state index in [0.717, 1.165) is 0 Å². The van der Waals surface area contributed by atoms with Crippen molar-refractivity contribution in [2.75, 3.05) is 25.6 Å². The van der Waals surface area contributed by atoms with Gasteiger partial charge in [0.2, 0.25) is 5.91 Å². The predicted molar refractivity (Wildman–Crippen MR) is 71.0 cm³/mol. The average molecular weight is 266 g/mol. The molecule has 1 aromatic carbocycles. The van der Waals surface area contributed by atoms with E-state index in [0.29, 0.717) is 18.8 Å². The highest BCUT2D eigenvalue weighted by atomic mass is 16.5. The number of nitrogens with one attached hydrogen (secondary N) is 2. The van der Waals surface area contributed by atoms with Crippen molar-refractivity contribution in [3.05, 3.63) is 30.3 Å². The molecule has 0 saturated heterocycles. The molecule has 0 saturated carbocycles. The van der Waals surface area contributed by atoms with Gasteiger partial charge in [0.1, 0.15) is 6.04 Å². The van der Waals surface area contributed by atoms with Crippen molar-refractivity contribution in [3.63, 3.8) is 0 Å². The lowest BCUT2D eigenvalue weighted by atomic mass is 10.2. The first kappa shape index (κ1) is 15.1. The maximum Gasteiger partial charge on any atom is 0.321 e. The van der Waals surface area contributed by atoms with Crippen LogP contribution < -0.4 is 10.6 Å². The van der Waals surface area contributed by atoms with E-state index in [2.05, 4.69) is 10.6 Å². The second kappa shape index (κ2) is 8.23. The van der Waals surface area contributed by atoms with Crippen molar-refractivity contribution in [1.82, 2.24) is 5.32 Å². The van der Waals surface area contributed by atoms with Crippen molar-refractivity contribution in [2.45, 2.75) is 12.5 Å². The lowest BCUT2D eigenvalue weighted by Gasteiger charge is -2.14. The molecule has 6 heteroatoms. The van der Waals surface area contributed by atoms with Gasteiger partial charge in [0.25, 0.3) is 0 Å². The number of benzene rings is 1. The molecule has 0 aliphatic carbocycles. The van der Waals surface area contributed by atoms with E-state index in [1.165, 1.54) is 7.11 Å². The maximum absolute atomic E-state index is 11.7. The molecule has 104 valence electrons. The van der Waals surface area contributed by atoms with Crippen molar-refractivity contribution in [1.29, 1.82) is 0 Å². The number of para-hydroxylation sites is 1. The van der Waals surface area contributed by atoms with Gasteiger partial charge in [0.15, 0.2) is 0 Å². The fourth-order valence-corrected chi connectivity index (χ4v) is 1.50. The van der Waals surface area contributed by atoms with Gasteiger partial charge < -0.3 is 20.5 Å². The Hall–Kier alpha value is -1.92. The van der Waals surface area contributed by atoms with Crippen molar-refractivity contribution in [3.8, 4) is 0 Å². The third kappa shape index (κ3) is 5.98. The Labute approximate surface area is 111 Å². The van der Waals surface area contributed by atoms with Gasteiger partial charge in [-0.25, -0.2) is 0 Å². The van der Waals surface area contributed by atoms with Crippen LogP contribution in [-0.2, 0) is 14.3 Å². The highest BCUT2D eigenvalue weighted by Crippen LogP contribution is 2.06. The number of aliphatic carboxylic acids is 1. The fraction of sp³-hybridized carbons (Fsp3) is 0.385. The molecule has 0 fully saturated rings. The summed E-state index contributed by atoms with van der Waals surface area (Å²) in [4.78, 5) is 22.7. The van der Waals surface area contributed by atoms with Crippen LogP contribution in [0.2, 0.25) is 0 Å². The second-order valence-electron chi connectivity index (χ2n) is 3.96. The van der Waals surface area contributed by atoms with Crippen LogP contribution in [0.4, 0.5) is 5.69 Å². The number of hydrogen-bond acceptors (Lipinski definition) is 4. The highest BCUT2D eigenvalue weighted by Gasteiger charge is 2.20. The molecule has 3 N–H and O–H groups in total. The Morgan fingerprint density at radius 3 is 2.58 bits per heavy atom. The van der Waals surface area contributed by atoms with Crippen LogP contribution in [0.5, 0.6) is 0 Å². The van der Waals surface area contributed by atoms with Gasteiger partial charge in [-0.3, -0.25) is 9.59 Å². The van der Waals surface area contributed by atoms with E-state index >= 15 is 0 Å². The van der Waals surface area contributed by atoms with Crippen LogP contribution in [0.1, 0.15) is 6.42 Å². The quantitative estimate of drug-likeness (QED) is 0.603. The van der Waals surface area contributed by atoms with Gasteiger partial charge in [-0.1, -0.05) is 18.2 Å². The van der Waals surface area contributed by atoms with Gasteiger partial charge in [0.05, 0.1) is 13.0 Å². The van der Waals surface area contributed by atoms with Gasteiger partial charge in [-0.2, -0.15) is 0 Å². The minimum atomic E-state index is -1.06. The first-order chi connectivity index (χ1) is 9.13. The molecule has 1 unspecified atom stereocenters. The molecule has 0 aliphatic heterocycles. The lowest BCUT2D eigenvalue weighted by Crippen LogP contribution is -2.41. The molecular weight excluding hydrogens is 248 g/mol. The first-order valence-electron chi connectivity index (χ1n) is 5.93. The van der Waals surface area contributed by atoms with E-state index in [-0.39, 0.29) is 12.3 Å². The van der Waals surface area contributed by atoms with E-state index in [9.17, 15) is 9.59 Å². The van der Waals surface area contributed by atoms with Crippen LogP contribution in [0.15, 0.2) is 30.3 Å². The Kier molecular flexibility index (Phi) is 6.56. The van der Waals surface area contributed by atoms with E-state index in [1.54, 1.807) is 24.3 Å². The Morgan fingerprint density at radius 1 is 1.32 bits per heavy atom. The standard InChI is InChI=1S/C13H18N2O4/c1-19-8-7-14-11(13(17)18)9-12(16)15-10-5-3-2-4-6-10/h2-6,11,14H,7-9H2,1H3,(H,15,16)(H,17,18). The maximum atomic E-state index is 11.7. The molecule has 0 bridgehead atoms. The average Bonchev–Trinajstić information content (AvgIpc) is 2.38. The van der Waals surface area contributed by atoms with Crippen LogP contribution in [0.3, 0.4) is 0 Å². The van der Waals surface area contributed by atoms with Crippen molar-refractivity contribution in [2.24, 2.45) is 0 Å². The summed E-state index contributed by atoms with van der Waals surface area (Å²) in [6, 6.07) is 7.99. The minimum Gasteiger partial charge on any atom is -0.480 e. The van der Waals surface area contributed by atoms with Gasteiger partial charge in [0, 0.05) is 19.3 Å². The third-order valence-corrected chi connectivity index (χ3v) is 2.44. The second-order valence-corrected chi connectivity index (χ2v) is 3.96. The SMILES string of the molecule is COCCNC(CC(=O)Nc1ccccc1)C(=O)O. The summed E-state index contributed by atoms with van der Waals surface area (Å²) in [6.07, 6.45) is -0.131. The van der Waals surface area contributed by atoms with Gasteiger partial charge >= 0.3 is 5.97 Å². The number of carboxylic acid groups (broad SMARTS) is 1. The molecule has 1 atom stereocenters. The molecule has 19 heavy (non-hydrogen) atoms. The number of carboxylic acids is 1. The normalized spacial score (nSPS) is 11.8. The zero-order chi connectivity index (χ0) is 14.1. The number of rotatable bonds is 8. The molecule has 1 amide bonds. The summed E-state index contributed by atoms with van der Waals surface area (Å²) in [5.74, 6) is -1.40. The number of hydrogen-bond donors (Lipinski definition) is 3. The van der Waals surface area contributed by atoms with Crippen LogP contribution in [0.25, 0.3) is 0 Å². The molecular formula is C13H18N2O4. The van der Waals surface area contributed by atoms with Crippen molar-refractivity contribution < 1.29 is 19.4 Å². The van der Waals surface area contributed by atoms with Crippen LogP contribution in [-0.4, -0.2) is 43.3 Å². The monoisotopic (exact) mass is 266 g/mol. The third-order valence-electron chi connectivity index (χ3n) is 2.44. The summed E-state index contributed by atoms with van der Waals surface area (Å²) in [6.45, 7) is 0.774. The Bertz CT molecular complexity index is 408. The first-order valence-corrected chi connectivity index (χ1v) is 5.93. The summed E-state index contributed by atoms with van der Waals surface area (Å²) < 4.78 is 4.82. The zero-order valence-corrected chi connectivity index (χ0v) is 10.8.